The van der Waals surface area contributed by atoms with Crippen molar-refractivity contribution < 1.29 is 35.9 Å². The summed E-state index contributed by atoms with van der Waals surface area (Å²) in [5.74, 6) is -4.99. The lowest BCUT2D eigenvalue weighted by atomic mass is 9.82. The van der Waals surface area contributed by atoms with Gasteiger partial charge in [0.1, 0.15) is 40.3 Å². The molecule has 10 nitrogen and oxygen atoms in total. The molecule has 3 aromatic rings. The van der Waals surface area contributed by atoms with E-state index in [4.69, 9.17) is 4.74 Å². The summed E-state index contributed by atoms with van der Waals surface area (Å²) in [5.41, 5.74) is -1.60. The summed E-state index contributed by atoms with van der Waals surface area (Å²) in [6.45, 7) is -0.0692. The van der Waals surface area contributed by atoms with Crippen LogP contribution in [0, 0.1) is 17.5 Å². The maximum atomic E-state index is 14.9. The van der Waals surface area contributed by atoms with E-state index in [1.807, 2.05) is 0 Å². The van der Waals surface area contributed by atoms with Crippen molar-refractivity contribution >= 4 is 27.3 Å². The Kier molecular flexibility index (Phi) is 5.50. The number of aromatic nitrogens is 3. The minimum atomic E-state index is -3.70. The van der Waals surface area contributed by atoms with Gasteiger partial charge in [-0.05, 0) is 12.1 Å². The predicted octanol–water partition coefficient (Wildman–Crippen LogP) is 1.77. The zero-order chi connectivity index (χ0) is 25.8. The van der Waals surface area contributed by atoms with Gasteiger partial charge >= 0.3 is 0 Å². The first-order valence-electron chi connectivity index (χ1n) is 10.6. The molecule has 2 aliphatic rings. The molecule has 0 saturated carbocycles. The molecule has 0 unspecified atom stereocenters. The van der Waals surface area contributed by atoms with Crippen molar-refractivity contribution in [2.24, 2.45) is 0 Å². The number of fused-ring (bicyclic) bond motifs is 3. The number of carbonyl (C=O) groups is 2. The van der Waals surface area contributed by atoms with E-state index in [9.17, 15) is 31.2 Å². The van der Waals surface area contributed by atoms with Crippen LogP contribution in [0.4, 0.5) is 18.9 Å². The number of amides is 2. The number of nitrogens with zero attached hydrogens (tertiary/aromatic N) is 3. The van der Waals surface area contributed by atoms with Crippen molar-refractivity contribution in [3.8, 4) is 17.1 Å². The SMILES string of the molecule is CS(=O)(=O)CC(=O)Nc1c(-c2ccc(F)cn2)nn2c1C(=O)N[C@]1(CCOc3cc(F)cc(F)c31)C2. The van der Waals surface area contributed by atoms with Gasteiger partial charge in [-0.25, -0.2) is 21.6 Å². The second-order valence-corrected chi connectivity index (χ2v) is 10.7. The molecule has 0 saturated heterocycles. The number of benzene rings is 1. The van der Waals surface area contributed by atoms with Crippen LogP contribution in [-0.4, -0.2) is 53.6 Å². The number of halogens is 3. The Balaban J connectivity index is 1.64. The lowest BCUT2D eigenvalue weighted by Gasteiger charge is -2.42. The van der Waals surface area contributed by atoms with E-state index in [-0.39, 0.29) is 53.7 Å². The molecule has 1 aromatic carbocycles. The summed E-state index contributed by atoms with van der Waals surface area (Å²) >= 11 is 0. The molecule has 2 amide bonds. The van der Waals surface area contributed by atoms with Gasteiger partial charge in [-0.15, -0.1) is 0 Å². The monoisotopic (exact) mass is 521 g/mol. The van der Waals surface area contributed by atoms with Crippen molar-refractivity contribution in [3.05, 3.63) is 59.2 Å². The zero-order valence-electron chi connectivity index (χ0n) is 18.6. The molecule has 188 valence electrons. The van der Waals surface area contributed by atoms with Gasteiger partial charge in [0.25, 0.3) is 5.91 Å². The summed E-state index contributed by atoms with van der Waals surface area (Å²) < 4.78 is 72.0. The number of sulfone groups is 1. The fourth-order valence-corrected chi connectivity index (χ4v) is 5.03. The van der Waals surface area contributed by atoms with Gasteiger partial charge in [0.05, 0.1) is 36.1 Å². The third-order valence-electron chi connectivity index (χ3n) is 5.85. The van der Waals surface area contributed by atoms with E-state index in [0.29, 0.717) is 6.07 Å². The van der Waals surface area contributed by atoms with E-state index in [1.165, 1.54) is 10.7 Å². The molecular formula is C22H18F3N5O5S. The predicted molar refractivity (Wildman–Crippen MR) is 119 cm³/mol. The highest BCUT2D eigenvalue weighted by atomic mass is 32.2. The standard InChI is InChI=1S/C22H18F3N5O5S/c1-36(33,34)9-16(31)27-19-18(14-3-2-11(23)8-26-14)29-30-10-22(28-21(32)20(19)30)4-5-35-15-7-12(24)6-13(25)17(15)22/h2-3,6-8H,4-5,9-10H2,1H3,(H,27,31)(H,28,32)/t22-/m1/s1. The van der Waals surface area contributed by atoms with E-state index < -0.39 is 50.4 Å². The molecule has 1 spiro atoms. The Morgan fingerprint density at radius 2 is 2.03 bits per heavy atom. The van der Waals surface area contributed by atoms with Gasteiger partial charge in [-0.1, -0.05) is 0 Å². The van der Waals surface area contributed by atoms with Crippen molar-refractivity contribution in [1.82, 2.24) is 20.1 Å². The number of carbonyl (C=O) groups excluding carboxylic acids is 2. The first-order valence-corrected chi connectivity index (χ1v) is 12.7. The minimum absolute atomic E-state index is 0.0223. The smallest absolute Gasteiger partial charge is 0.272 e. The topological polar surface area (TPSA) is 132 Å². The number of anilines is 1. The number of pyridine rings is 1. The Labute approximate surface area is 202 Å². The molecule has 2 N–H and O–H groups in total. The van der Waals surface area contributed by atoms with E-state index in [0.717, 1.165) is 24.6 Å². The van der Waals surface area contributed by atoms with Crippen molar-refractivity contribution in [2.45, 2.75) is 18.5 Å². The Bertz CT molecular complexity index is 1520. The Morgan fingerprint density at radius 1 is 1.25 bits per heavy atom. The number of nitrogens with one attached hydrogen (secondary N) is 2. The summed E-state index contributed by atoms with van der Waals surface area (Å²) in [6.07, 6.45) is 1.92. The van der Waals surface area contributed by atoms with Gasteiger partial charge in [0.15, 0.2) is 15.5 Å². The molecule has 0 fully saturated rings. The van der Waals surface area contributed by atoms with Crippen LogP contribution in [0.1, 0.15) is 22.5 Å². The van der Waals surface area contributed by atoms with Gasteiger partial charge in [0.2, 0.25) is 5.91 Å². The van der Waals surface area contributed by atoms with Gasteiger partial charge < -0.3 is 15.4 Å². The normalized spacial score (nSPS) is 18.7. The van der Waals surface area contributed by atoms with Crippen LogP contribution in [0.25, 0.3) is 11.4 Å². The highest BCUT2D eigenvalue weighted by molar-refractivity contribution is 7.91. The molecular weight excluding hydrogens is 503 g/mol. The second-order valence-electron chi connectivity index (χ2n) is 8.61. The average molecular weight is 521 g/mol. The number of hydrogen-bond donors (Lipinski definition) is 2. The lowest BCUT2D eigenvalue weighted by Crippen LogP contribution is -2.56. The molecule has 0 aliphatic carbocycles. The maximum absolute atomic E-state index is 14.9. The number of rotatable bonds is 4. The molecule has 5 rings (SSSR count). The van der Waals surface area contributed by atoms with Gasteiger partial charge in [-0.3, -0.25) is 19.3 Å². The molecule has 14 heteroatoms. The van der Waals surface area contributed by atoms with E-state index in [1.54, 1.807) is 0 Å². The summed E-state index contributed by atoms with van der Waals surface area (Å²) in [4.78, 5) is 29.8. The first-order chi connectivity index (χ1) is 17.0. The van der Waals surface area contributed by atoms with Crippen molar-refractivity contribution in [3.63, 3.8) is 0 Å². The quantitative estimate of drug-likeness (QED) is 0.535. The third kappa shape index (κ3) is 4.17. The summed E-state index contributed by atoms with van der Waals surface area (Å²) in [5, 5.41) is 9.54. The second kappa shape index (κ2) is 8.33. The molecule has 2 aliphatic heterocycles. The number of ether oxygens (including phenoxy) is 1. The number of hydrogen-bond acceptors (Lipinski definition) is 7. The molecule has 2 aromatic heterocycles. The van der Waals surface area contributed by atoms with Gasteiger partial charge in [-0.2, -0.15) is 5.10 Å². The minimum Gasteiger partial charge on any atom is -0.493 e. The fourth-order valence-electron chi connectivity index (χ4n) is 4.48. The van der Waals surface area contributed by atoms with Crippen LogP contribution < -0.4 is 15.4 Å². The van der Waals surface area contributed by atoms with Crippen LogP contribution >= 0.6 is 0 Å². The van der Waals surface area contributed by atoms with Crippen LogP contribution in [0.5, 0.6) is 5.75 Å². The fraction of sp³-hybridized carbons (Fsp3) is 0.273. The molecule has 1 atom stereocenters. The lowest BCUT2D eigenvalue weighted by molar-refractivity contribution is -0.113. The Hall–Kier alpha value is -3.94. The molecule has 0 bridgehead atoms. The molecule has 36 heavy (non-hydrogen) atoms. The van der Waals surface area contributed by atoms with Crippen LogP contribution in [0.2, 0.25) is 0 Å². The third-order valence-corrected chi connectivity index (χ3v) is 6.64. The summed E-state index contributed by atoms with van der Waals surface area (Å²) in [6, 6.07) is 4.08. The highest BCUT2D eigenvalue weighted by Gasteiger charge is 2.47. The zero-order valence-corrected chi connectivity index (χ0v) is 19.5. The maximum Gasteiger partial charge on any atom is 0.272 e. The summed E-state index contributed by atoms with van der Waals surface area (Å²) in [7, 11) is -3.70. The van der Waals surface area contributed by atoms with Crippen LogP contribution in [-0.2, 0) is 26.7 Å². The highest BCUT2D eigenvalue weighted by Crippen LogP contribution is 2.44. The van der Waals surface area contributed by atoms with Crippen LogP contribution in [0.3, 0.4) is 0 Å². The van der Waals surface area contributed by atoms with Crippen molar-refractivity contribution in [2.75, 3.05) is 23.9 Å². The first kappa shape index (κ1) is 23.8. The van der Waals surface area contributed by atoms with Crippen molar-refractivity contribution in [1.29, 1.82) is 0 Å². The largest absolute Gasteiger partial charge is 0.493 e. The van der Waals surface area contributed by atoms with E-state index >= 15 is 0 Å². The van der Waals surface area contributed by atoms with Crippen LogP contribution in [0.15, 0.2) is 30.5 Å². The van der Waals surface area contributed by atoms with E-state index in [2.05, 4.69) is 20.7 Å². The Morgan fingerprint density at radius 3 is 2.72 bits per heavy atom. The molecule has 0 radical (unpaired) electrons. The molecule has 4 heterocycles. The average Bonchev–Trinajstić information content (AvgIpc) is 3.10. The van der Waals surface area contributed by atoms with Gasteiger partial charge in [0, 0.05) is 24.8 Å².